The van der Waals surface area contributed by atoms with E-state index in [0.29, 0.717) is 6.17 Å². The van der Waals surface area contributed by atoms with E-state index < -0.39 is 0 Å². The highest BCUT2D eigenvalue weighted by Crippen LogP contribution is 2.23. The maximum absolute atomic E-state index is 2.67. The Morgan fingerprint density at radius 3 is 1.19 bits per heavy atom. The molecule has 0 fully saturated rings. The van der Waals surface area contributed by atoms with Crippen LogP contribution in [0.25, 0.3) is 0 Å². The third-order valence-electron chi connectivity index (χ3n) is 7.32. The molecule has 1 aliphatic heterocycles. The van der Waals surface area contributed by atoms with E-state index in [4.69, 9.17) is 0 Å². The molecule has 0 amide bonds. The van der Waals surface area contributed by atoms with E-state index in [1.54, 1.807) is 0 Å². The standard InChI is InChI=1S/C30H60N2/c1-4-7-10-12-14-16-17-18-20-22-24-27-32-29-28-31(26-9-6-3)30(32)25-23-21-19-15-13-11-8-5-2/h28-30H,4-27H2,1-3H3. The predicted molar refractivity (Wildman–Crippen MR) is 145 cm³/mol. The van der Waals surface area contributed by atoms with Crippen molar-refractivity contribution in [2.45, 2.75) is 168 Å². The average molecular weight is 449 g/mol. The van der Waals surface area contributed by atoms with Gasteiger partial charge in [0, 0.05) is 25.5 Å². The molecule has 1 atom stereocenters. The highest BCUT2D eigenvalue weighted by molar-refractivity contribution is 4.96. The van der Waals surface area contributed by atoms with Gasteiger partial charge in [0.25, 0.3) is 0 Å². The Morgan fingerprint density at radius 1 is 0.406 bits per heavy atom. The molecule has 0 aromatic rings. The van der Waals surface area contributed by atoms with Gasteiger partial charge < -0.3 is 9.80 Å². The number of unbranched alkanes of at least 4 members (excludes halogenated alkanes) is 18. The zero-order valence-corrected chi connectivity index (χ0v) is 22.6. The summed E-state index contributed by atoms with van der Waals surface area (Å²) in [6.07, 6.45) is 36.6. The van der Waals surface area contributed by atoms with E-state index in [1.807, 2.05) is 0 Å². The summed E-state index contributed by atoms with van der Waals surface area (Å²) in [6, 6.07) is 0. The molecule has 0 radical (unpaired) electrons. The molecule has 1 unspecified atom stereocenters. The van der Waals surface area contributed by atoms with E-state index in [2.05, 4.69) is 43.0 Å². The van der Waals surface area contributed by atoms with Crippen LogP contribution in [0.3, 0.4) is 0 Å². The smallest absolute Gasteiger partial charge is 0.101 e. The van der Waals surface area contributed by atoms with E-state index in [1.165, 1.54) is 154 Å². The molecule has 0 N–H and O–H groups in total. The first-order valence-corrected chi connectivity index (χ1v) is 15.0. The summed E-state index contributed by atoms with van der Waals surface area (Å²) in [7, 11) is 0. The lowest BCUT2D eigenvalue weighted by molar-refractivity contribution is 0.136. The SMILES string of the molecule is CCCCCCCCCCCCCN1C=CN(CCCC)C1CCCCCCCCCC. The maximum atomic E-state index is 2.67. The zero-order valence-electron chi connectivity index (χ0n) is 22.6. The lowest BCUT2D eigenvalue weighted by atomic mass is 10.1. The van der Waals surface area contributed by atoms with Crippen LogP contribution >= 0.6 is 0 Å². The Balaban J connectivity index is 2.13. The molecule has 2 nitrogen and oxygen atoms in total. The van der Waals surface area contributed by atoms with Crippen molar-refractivity contribution in [1.82, 2.24) is 9.80 Å². The molecule has 2 heteroatoms. The van der Waals surface area contributed by atoms with Gasteiger partial charge in [0.05, 0.1) is 0 Å². The molecule has 1 heterocycles. The molecule has 0 bridgehead atoms. The fourth-order valence-corrected chi connectivity index (χ4v) is 5.10. The molecule has 0 aromatic heterocycles. The fraction of sp³-hybridized carbons (Fsp3) is 0.933. The second-order valence-corrected chi connectivity index (χ2v) is 10.4. The van der Waals surface area contributed by atoms with Crippen LogP contribution in [0.5, 0.6) is 0 Å². The first-order chi connectivity index (χ1) is 15.8. The number of hydrogen-bond donors (Lipinski definition) is 0. The van der Waals surface area contributed by atoms with Crippen molar-refractivity contribution in [3.8, 4) is 0 Å². The highest BCUT2D eigenvalue weighted by atomic mass is 15.4. The van der Waals surface area contributed by atoms with Crippen molar-refractivity contribution in [2.24, 2.45) is 0 Å². The van der Waals surface area contributed by atoms with Crippen molar-refractivity contribution >= 4 is 0 Å². The van der Waals surface area contributed by atoms with Gasteiger partial charge in [0.2, 0.25) is 0 Å². The molecule has 0 aliphatic carbocycles. The summed E-state index contributed by atoms with van der Waals surface area (Å²) < 4.78 is 0. The third-order valence-corrected chi connectivity index (χ3v) is 7.32. The summed E-state index contributed by atoms with van der Waals surface area (Å²) in [5.74, 6) is 0. The summed E-state index contributed by atoms with van der Waals surface area (Å²) in [4.78, 5) is 5.31. The van der Waals surface area contributed by atoms with Gasteiger partial charge in [0.15, 0.2) is 0 Å². The van der Waals surface area contributed by atoms with Gasteiger partial charge in [-0.2, -0.15) is 0 Å². The molecule has 32 heavy (non-hydrogen) atoms. The van der Waals surface area contributed by atoms with Gasteiger partial charge in [-0.25, -0.2) is 0 Å². The van der Waals surface area contributed by atoms with Crippen molar-refractivity contribution < 1.29 is 0 Å². The first kappa shape index (κ1) is 29.4. The largest absolute Gasteiger partial charge is 0.356 e. The Hall–Kier alpha value is -0.660. The Kier molecular flexibility index (Phi) is 20.3. The van der Waals surface area contributed by atoms with Crippen LogP contribution in [0.4, 0.5) is 0 Å². The first-order valence-electron chi connectivity index (χ1n) is 15.0. The molecule has 190 valence electrons. The van der Waals surface area contributed by atoms with Crippen molar-refractivity contribution in [1.29, 1.82) is 0 Å². The maximum Gasteiger partial charge on any atom is 0.101 e. The quantitative estimate of drug-likeness (QED) is 0.135. The van der Waals surface area contributed by atoms with Gasteiger partial charge in [0.1, 0.15) is 6.17 Å². The minimum Gasteiger partial charge on any atom is -0.356 e. The van der Waals surface area contributed by atoms with Crippen LogP contribution in [0.15, 0.2) is 12.4 Å². The van der Waals surface area contributed by atoms with Gasteiger partial charge >= 0.3 is 0 Å². The normalized spacial score (nSPS) is 15.9. The highest BCUT2D eigenvalue weighted by Gasteiger charge is 2.24. The van der Waals surface area contributed by atoms with Crippen LogP contribution in [0, 0.1) is 0 Å². The van der Waals surface area contributed by atoms with Crippen LogP contribution in [-0.4, -0.2) is 29.1 Å². The number of nitrogens with zero attached hydrogens (tertiary/aromatic N) is 2. The Labute approximate surface area is 203 Å². The summed E-state index contributed by atoms with van der Waals surface area (Å²) in [6.45, 7) is 9.43. The zero-order chi connectivity index (χ0) is 23.1. The van der Waals surface area contributed by atoms with Gasteiger partial charge in [-0.3, -0.25) is 0 Å². The lowest BCUT2D eigenvalue weighted by Crippen LogP contribution is -2.39. The van der Waals surface area contributed by atoms with Gasteiger partial charge in [-0.15, -0.1) is 0 Å². The van der Waals surface area contributed by atoms with Gasteiger partial charge in [-0.05, 0) is 25.7 Å². The van der Waals surface area contributed by atoms with E-state index in [9.17, 15) is 0 Å². The number of rotatable bonds is 24. The third kappa shape index (κ3) is 15.2. The molecular weight excluding hydrogens is 388 g/mol. The van der Waals surface area contributed by atoms with E-state index >= 15 is 0 Å². The second-order valence-electron chi connectivity index (χ2n) is 10.4. The van der Waals surface area contributed by atoms with E-state index in [-0.39, 0.29) is 0 Å². The van der Waals surface area contributed by atoms with E-state index in [0.717, 1.165) is 0 Å². The van der Waals surface area contributed by atoms with Crippen LogP contribution in [0.2, 0.25) is 0 Å². The lowest BCUT2D eigenvalue weighted by Gasteiger charge is -2.33. The van der Waals surface area contributed by atoms with Crippen LogP contribution < -0.4 is 0 Å². The summed E-state index contributed by atoms with van der Waals surface area (Å²) >= 11 is 0. The monoisotopic (exact) mass is 448 g/mol. The van der Waals surface area contributed by atoms with Crippen molar-refractivity contribution in [3.63, 3.8) is 0 Å². The minimum atomic E-state index is 0.643. The van der Waals surface area contributed by atoms with Crippen molar-refractivity contribution in [3.05, 3.63) is 12.4 Å². The van der Waals surface area contributed by atoms with Crippen molar-refractivity contribution in [2.75, 3.05) is 13.1 Å². The predicted octanol–water partition coefficient (Wildman–Crippen LogP) is 10.0. The molecule has 0 saturated heterocycles. The summed E-state index contributed by atoms with van der Waals surface area (Å²) in [5.41, 5.74) is 0. The molecule has 0 saturated carbocycles. The Bertz CT molecular complexity index is 406. The minimum absolute atomic E-state index is 0.643. The van der Waals surface area contributed by atoms with Crippen LogP contribution in [0.1, 0.15) is 162 Å². The topological polar surface area (TPSA) is 6.48 Å². The fourth-order valence-electron chi connectivity index (χ4n) is 5.10. The average Bonchev–Trinajstić information content (AvgIpc) is 3.19. The Morgan fingerprint density at radius 2 is 0.750 bits per heavy atom. The second kappa shape index (κ2) is 22.1. The molecule has 1 rings (SSSR count). The molecule has 1 aliphatic rings. The summed E-state index contributed by atoms with van der Waals surface area (Å²) in [5, 5.41) is 0. The number of hydrogen-bond acceptors (Lipinski definition) is 2. The molecule has 0 aromatic carbocycles. The van der Waals surface area contributed by atoms with Crippen LogP contribution in [-0.2, 0) is 0 Å². The molecular formula is C30H60N2. The molecule has 0 spiro atoms. The van der Waals surface area contributed by atoms with Gasteiger partial charge in [-0.1, -0.05) is 136 Å².